The van der Waals surface area contributed by atoms with E-state index in [1.165, 1.54) is 30.5 Å². The van der Waals surface area contributed by atoms with Crippen LogP contribution in [0.1, 0.15) is 15.9 Å². The van der Waals surface area contributed by atoms with Crippen LogP contribution >= 0.6 is 0 Å². The van der Waals surface area contributed by atoms with Crippen LogP contribution in [0.25, 0.3) is 0 Å². The lowest BCUT2D eigenvalue weighted by molar-refractivity contribution is -0.384. The third-order valence-corrected chi connectivity index (χ3v) is 2.55. The van der Waals surface area contributed by atoms with Crippen molar-refractivity contribution in [2.75, 3.05) is 0 Å². The molecule has 1 heterocycles. The Balaban J connectivity index is 2.05. The number of rotatable bonds is 4. The number of nitrogens with zero attached hydrogens (tertiary/aromatic N) is 2. The Morgan fingerprint density at radius 3 is 2.55 bits per heavy atom. The van der Waals surface area contributed by atoms with E-state index in [9.17, 15) is 24.5 Å². The first-order valence-electron chi connectivity index (χ1n) is 5.87. The highest BCUT2D eigenvalue weighted by atomic mass is 16.6. The van der Waals surface area contributed by atoms with E-state index in [2.05, 4.69) is 15.5 Å². The zero-order valence-electron chi connectivity index (χ0n) is 10.9. The predicted octanol–water partition coefficient (Wildman–Crippen LogP) is -0.265. The second-order valence-corrected chi connectivity index (χ2v) is 4.03. The number of hydrogen-bond donors (Lipinski definition) is 3. The molecule has 0 unspecified atom stereocenters. The number of nitrogens with one attached hydrogen (secondary N) is 3. The van der Waals surface area contributed by atoms with Gasteiger partial charge in [-0.05, 0) is 17.7 Å². The molecule has 0 atom stereocenters. The molecule has 10 nitrogen and oxygen atoms in total. The summed E-state index contributed by atoms with van der Waals surface area (Å²) >= 11 is 0. The van der Waals surface area contributed by atoms with E-state index in [-0.39, 0.29) is 11.3 Å². The monoisotopic (exact) mass is 303 g/mol. The molecule has 10 heteroatoms. The molecular formula is C12H9N5O5. The van der Waals surface area contributed by atoms with Crippen LogP contribution in [-0.2, 0) is 0 Å². The Bertz CT molecular complexity index is 849. The molecule has 1 amide bonds. The highest BCUT2D eigenvalue weighted by Crippen LogP contribution is 2.10. The quantitative estimate of drug-likeness (QED) is 0.403. The molecule has 0 aliphatic rings. The number of hydrogen-bond acceptors (Lipinski definition) is 6. The Morgan fingerprint density at radius 2 is 1.95 bits per heavy atom. The van der Waals surface area contributed by atoms with Gasteiger partial charge in [-0.25, -0.2) is 10.2 Å². The van der Waals surface area contributed by atoms with Crippen molar-refractivity contribution in [3.8, 4) is 0 Å². The fourth-order valence-corrected chi connectivity index (χ4v) is 1.49. The molecule has 0 fully saturated rings. The number of aromatic amines is 2. The van der Waals surface area contributed by atoms with E-state index >= 15 is 0 Å². The molecular weight excluding hydrogens is 294 g/mol. The molecule has 0 radical (unpaired) electrons. The van der Waals surface area contributed by atoms with Gasteiger partial charge in [0.05, 0.1) is 11.1 Å². The Morgan fingerprint density at radius 1 is 1.27 bits per heavy atom. The van der Waals surface area contributed by atoms with Gasteiger partial charge in [-0.1, -0.05) is 0 Å². The maximum absolute atomic E-state index is 11.7. The molecule has 0 aliphatic heterocycles. The summed E-state index contributed by atoms with van der Waals surface area (Å²) < 4.78 is 0. The number of H-pyrrole nitrogens is 2. The van der Waals surface area contributed by atoms with Crippen LogP contribution in [-0.4, -0.2) is 27.0 Å². The summed E-state index contributed by atoms with van der Waals surface area (Å²) in [5.41, 5.74) is 0.674. The van der Waals surface area contributed by atoms with Crippen LogP contribution < -0.4 is 16.7 Å². The Labute approximate surface area is 121 Å². The van der Waals surface area contributed by atoms with Gasteiger partial charge < -0.3 is 4.98 Å². The summed E-state index contributed by atoms with van der Waals surface area (Å²) in [6.45, 7) is 0. The van der Waals surface area contributed by atoms with Gasteiger partial charge in [0.25, 0.3) is 17.2 Å². The fourth-order valence-electron chi connectivity index (χ4n) is 1.49. The summed E-state index contributed by atoms with van der Waals surface area (Å²) in [7, 11) is 0. The van der Waals surface area contributed by atoms with Crippen molar-refractivity contribution in [2.45, 2.75) is 0 Å². The lowest BCUT2D eigenvalue weighted by Crippen LogP contribution is -2.31. The van der Waals surface area contributed by atoms with Gasteiger partial charge in [0.2, 0.25) is 0 Å². The number of amides is 1. The first-order valence-corrected chi connectivity index (χ1v) is 5.87. The average molecular weight is 303 g/mol. The van der Waals surface area contributed by atoms with Crippen LogP contribution in [0.3, 0.4) is 0 Å². The Kier molecular flexibility index (Phi) is 4.22. The van der Waals surface area contributed by atoms with E-state index in [0.29, 0.717) is 5.56 Å². The number of benzene rings is 1. The lowest BCUT2D eigenvalue weighted by atomic mass is 10.2. The average Bonchev–Trinajstić information content (AvgIpc) is 2.47. The van der Waals surface area contributed by atoms with Crippen LogP contribution in [0, 0.1) is 10.1 Å². The topological polar surface area (TPSA) is 150 Å². The first-order chi connectivity index (χ1) is 10.5. The molecule has 1 aromatic heterocycles. The molecule has 0 saturated heterocycles. The van der Waals surface area contributed by atoms with Crippen LogP contribution in [0.2, 0.25) is 0 Å². The number of non-ortho nitro benzene ring substituents is 1. The number of carbonyl (C=O) groups excluding carboxylic acids is 1. The number of aromatic nitrogens is 2. The second-order valence-electron chi connectivity index (χ2n) is 4.03. The van der Waals surface area contributed by atoms with E-state index < -0.39 is 22.1 Å². The zero-order chi connectivity index (χ0) is 16.1. The molecule has 1 aromatic carbocycles. The minimum absolute atomic E-state index is 0.0686. The molecule has 112 valence electrons. The van der Waals surface area contributed by atoms with Gasteiger partial charge >= 0.3 is 5.69 Å². The van der Waals surface area contributed by atoms with Crippen molar-refractivity contribution < 1.29 is 9.72 Å². The van der Waals surface area contributed by atoms with Crippen molar-refractivity contribution in [3.05, 3.63) is 72.5 Å². The molecule has 3 N–H and O–H groups in total. The normalized spacial score (nSPS) is 10.5. The van der Waals surface area contributed by atoms with E-state index in [1.807, 2.05) is 4.98 Å². The maximum atomic E-state index is 11.7. The Hall–Kier alpha value is -3.56. The van der Waals surface area contributed by atoms with Gasteiger partial charge in [0.15, 0.2) is 0 Å². The van der Waals surface area contributed by atoms with Crippen LogP contribution in [0.5, 0.6) is 0 Å². The largest absolute Gasteiger partial charge is 0.325 e. The van der Waals surface area contributed by atoms with Crippen LogP contribution in [0.15, 0.2) is 45.2 Å². The summed E-state index contributed by atoms with van der Waals surface area (Å²) in [6.07, 6.45) is 2.22. The van der Waals surface area contributed by atoms with Gasteiger partial charge in [-0.3, -0.25) is 24.7 Å². The van der Waals surface area contributed by atoms with Crippen molar-refractivity contribution >= 4 is 17.8 Å². The number of hydrazone groups is 1. The molecule has 2 aromatic rings. The zero-order valence-corrected chi connectivity index (χ0v) is 10.9. The first kappa shape index (κ1) is 14.8. The summed E-state index contributed by atoms with van der Waals surface area (Å²) in [6, 6.07) is 5.47. The van der Waals surface area contributed by atoms with Crippen LogP contribution in [0.4, 0.5) is 5.69 Å². The van der Waals surface area contributed by atoms with E-state index in [1.54, 1.807) is 0 Å². The number of nitro benzene ring substituents is 1. The van der Waals surface area contributed by atoms with Crippen molar-refractivity contribution in [3.63, 3.8) is 0 Å². The van der Waals surface area contributed by atoms with Crippen molar-refractivity contribution in [2.24, 2.45) is 5.10 Å². The SMILES string of the molecule is O=C(NN=Cc1ccc([N+](=O)[O-])cc1)c1c[nH]c(=O)[nH]c1=O. The summed E-state index contributed by atoms with van der Waals surface area (Å²) in [4.78, 5) is 47.8. The summed E-state index contributed by atoms with van der Waals surface area (Å²) in [5, 5.41) is 14.1. The molecule has 0 aliphatic carbocycles. The van der Waals surface area contributed by atoms with Gasteiger partial charge in [0, 0.05) is 18.3 Å². The minimum Gasteiger partial charge on any atom is -0.313 e. The minimum atomic E-state index is -0.841. The van der Waals surface area contributed by atoms with Gasteiger partial charge in [-0.15, -0.1) is 0 Å². The molecule has 0 bridgehead atoms. The van der Waals surface area contributed by atoms with Gasteiger partial charge in [-0.2, -0.15) is 5.10 Å². The molecule has 2 rings (SSSR count). The number of nitro groups is 1. The fraction of sp³-hybridized carbons (Fsp3) is 0. The predicted molar refractivity (Wildman–Crippen MR) is 75.8 cm³/mol. The number of carbonyl (C=O) groups is 1. The van der Waals surface area contributed by atoms with E-state index in [0.717, 1.165) is 6.20 Å². The van der Waals surface area contributed by atoms with Crippen molar-refractivity contribution in [1.82, 2.24) is 15.4 Å². The standard InChI is InChI=1S/C12H9N5O5/c18-10-9(6-13-12(20)15-10)11(19)16-14-5-7-1-3-8(4-2-7)17(21)22/h1-6H,(H,16,19)(H2,13,15,18,20). The summed E-state index contributed by atoms with van der Waals surface area (Å²) in [5.74, 6) is -0.810. The van der Waals surface area contributed by atoms with E-state index in [4.69, 9.17) is 0 Å². The van der Waals surface area contributed by atoms with Crippen molar-refractivity contribution in [1.29, 1.82) is 0 Å². The highest BCUT2D eigenvalue weighted by Gasteiger charge is 2.09. The molecule has 0 spiro atoms. The second kappa shape index (κ2) is 6.26. The molecule has 22 heavy (non-hydrogen) atoms. The third-order valence-electron chi connectivity index (χ3n) is 2.55. The third kappa shape index (κ3) is 3.50. The van der Waals surface area contributed by atoms with Gasteiger partial charge in [0.1, 0.15) is 5.56 Å². The highest BCUT2D eigenvalue weighted by molar-refractivity contribution is 5.94. The lowest BCUT2D eigenvalue weighted by Gasteiger charge is -1.98. The maximum Gasteiger partial charge on any atom is 0.325 e. The smallest absolute Gasteiger partial charge is 0.313 e. The molecule has 0 saturated carbocycles.